The maximum Gasteiger partial charge on any atom is 0.306 e. The molecule has 2 aromatic rings. The van der Waals surface area contributed by atoms with Crippen LogP contribution in [0.25, 0.3) is 0 Å². The average molecular weight is 470 g/mol. The molecule has 0 atom stereocenters. The molecule has 1 aromatic carbocycles. The van der Waals surface area contributed by atoms with E-state index >= 15 is 0 Å². The summed E-state index contributed by atoms with van der Waals surface area (Å²) in [6.07, 6.45) is 1.28. The molecule has 12 heteroatoms. The number of sulfonamides is 1. The van der Waals surface area contributed by atoms with Crippen LogP contribution in [0.3, 0.4) is 0 Å². The Morgan fingerprint density at radius 1 is 1.10 bits per heavy atom. The normalized spacial score (nSPS) is 11.0. The maximum absolute atomic E-state index is 12.3. The van der Waals surface area contributed by atoms with Gasteiger partial charge in [-0.3, -0.25) is 9.59 Å². The molecular weight excluding hydrogens is 446 g/mol. The molecule has 168 valence electrons. The highest BCUT2D eigenvalue weighted by atomic mass is 32.2. The van der Waals surface area contributed by atoms with Crippen molar-refractivity contribution in [3.8, 4) is 0 Å². The number of rotatable bonds is 11. The summed E-state index contributed by atoms with van der Waals surface area (Å²) in [5.41, 5.74) is 0.481. The van der Waals surface area contributed by atoms with Crippen molar-refractivity contribution in [3.63, 3.8) is 0 Å². The first-order valence-corrected chi connectivity index (χ1v) is 11.1. The summed E-state index contributed by atoms with van der Waals surface area (Å²) in [6, 6.07) is 9.14. The molecule has 0 saturated carbocycles. The summed E-state index contributed by atoms with van der Waals surface area (Å²) in [4.78, 5) is 23.4. The third-order valence-electron chi connectivity index (χ3n) is 3.80. The number of carbonyl (C=O) groups is 2. The zero-order valence-electron chi connectivity index (χ0n) is 16.8. The third-order valence-corrected chi connectivity index (χ3v) is 5.42. The monoisotopic (exact) mass is 469 g/mol. The van der Waals surface area contributed by atoms with E-state index in [-0.39, 0.29) is 42.6 Å². The highest BCUT2D eigenvalue weighted by Gasteiger charge is 2.15. The van der Waals surface area contributed by atoms with Gasteiger partial charge in [0.1, 0.15) is 12.4 Å². The Morgan fingerprint density at radius 2 is 1.84 bits per heavy atom. The van der Waals surface area contributed by atoms with Crippen LogP contribution in [0.2, 0.25) is 0 Å². The van der Waals surface area contributed by atoms with Crippen LogP contribution in [0.1, 0.15) is 18.6 Å². The van der Waals surface area contributed by atoms with Gasteiger partial charge in [0, 0.05) is 19.2 Å². The Labute approximate surface area is 185 Å². The molecule has 2 rings (SSSR count). The smallest absolute Gasteiger partial charge is 0.306 e. The Hall–Kier alpha value is -2.80. The van der Waals surface area contributed by atoms with Gasteiger partial charge in [0.25, 0.3) is 0 Å². The van der Waals surface area contributed by atoms with Crippen LogP contribution >= 0.6 is 12.2 Å². The number of amides is 1. The van der Waals surface area contributed by atoms with Gasteiger partial charge in [-0.25, -0.2) is 13.1 Å². The van der Waals surface area contributed by atoms with Gasteiger partial charge in [0.05, 0.1) is 30.7 Å². The number of methoxy groups -OCH3 is 1. The van der Waals surface area contributed by atoms with Crippen molar-refractivity contribution in [2.75, 3.05) is 25.6 Å². The number of hydrogen-bond acceptors (Lipinski definition) is 8. The lowest BCUT2D eigenvalue weighted by Gasteiger charge is -2.11. The quantitative estimate of drug-likeness (QED) is 0.254. The molecule has 0 radical (unpaired) electrons. The minimum absolute atomic E-state index is 0.0179. The van der Waals surface area contributed by atoms with E-state index in [1.165, 1.54) is 37.6 Å². The van der Waals surface area contributed by atoms with Crippen LogP contribution < -0.4 is 15.4 Å². The van der Waals surface area contributed by atoms with Crippen molar-refractivity contribution >= 4 is 44.9 Å². The number of ether oxygens (including phenoxy) is 2. The van der Waals surface area contributed by atoms with Gasteiger partial charge in [-0.1, -0.05) is 0 Å². The van der Waals surface area contributed by atoms with Gasteiger partial charge in [-0.15, -0.1) is 0 Å². The lowest BCUT2D eigenvalue weighted by molar-refractivity contribution is -0.146. The SMILES string of the molecule is COCCOC(=O)CCC(=O)NC(=S)Nc1ccc(S(=O)(=O)NCc2ccco2)cc1. The predicted molar refractivity (Wildman–Crippen MR) is 116 cm³/mol. The lowest BCUT2D eigenvalue weighted by Crippen LogP contribution is -2.34. The number of nitrogens with one attached hydrogen (secondary N) is 3. The largest absolute Gasteiger partial charge is 0.468 e. The van der Waals surface area contributed by atoms with Crippen molar-refractivity contribution in [2.24, 2.45) is 0 Å². The van der Waals surface area contributed by atoms with Crippen LogP contribution in [-0.4, -0.2) is 45.7 Å². The molecule has 3 N–H and O–H groups in total. The second kappa shape index (κ2) is 12.2. The molecular formula is C19H23N3O7S2. The first-order valence-electron chi connectivity index (χ1n) is 9.17. The van der Waals surface area contributed by atoms with Gasteiger partial charge >= 0.3 is 5.97 Å². The first-order chi connectivity index (χ1) is 14.8. The van der Waals surface area contributed by atoms with Gasteiger partial charge in [0.2, 0.25) is 15.9 Å². The highest BCUT2D eigenvalue weighted by Crippen LogP contribution is 2.14. The number of hydrogen-bond donors (Lipinski definition) is 3. The number of carbonyl (C=O) groups excluding carboxylic acids is 2. The van der Waals surface area contributed by atoms with E-state index in [4.69, 9.17) is 26.1 Å². The van der Waals surface area contributed by atoms with Crippen molar-refractivity contribution in [3.05, 3.63) is 48.4 Å². The molecule has 0 bridgehead atoms. The Balaban J connectivity index is 1.77. The van der Waals surface area contributed by atoms with Gasteiger partial charge in [-0.2, -0.15) is 0 Å². The fourth-order valence-electron chi connectivity index (χ4n) is 2.26. The number of furan rings is 1. The van der Waals surface area contributed by atoms with Crippen molar-refractivity contribution < 1.29 is 31.9 Å². The number of benzene rings is 1. The molecule has 0 saturated heterocycles. The zero-order valence-corrected chi connectivity index (χ0v) is 18.4. The maximum atomic E-state index is 12.3. The zero-order chi connectivity index (χ0) is 22.7. The van der Waals surface area contributed by atoms with Crippen LogP contribution in [0.4, 0.5) is 5.69 Å². The molecule has 31 heavy (non-hydrogen) atoms. The topological polar surface area (TPSA) is 136 Å². The van der Waals surface area contributed by atoms with Gasteiger partial charge in [0.15, 0.2) is 5.11 Å². The van der Waals surface area contributed by atoms with Crippen LogP contribution in [-0.2, 0) is 35.6 Å². The van der Waals surface area contributed by atoms with Gasteiger partial charge in [-0.05, 0) is 48.6 Å². The number of thiocarbonyl (C=S) groups is 1. The standard InChI is InChI=1S/C19H23N3O7S2/c1-27-11-12-29-18(24)9-8-17(23)22-19(30)21-14-4-6-16(7-5-14)31(25,26)20-13-15-3-2-10-28-15/h2-7,10,20H,8-9,11-13H2,1H3,(H2,21,22,23,30). The van der Waals surface area contributed by atoms with E-state index in [1.54, 1.807) is 12.1 Å². The van der Waals surface area contributed by atoms with E-state index in [1.807, 2.05) is 0 Å². The predicted octanol–water partition coefficient (Wildman–Crippen LogP) is 1.54. The highest BCUT2D eigenvalue weighted by molar-refractivity contribution is 7.89. The first kappa shape index (κ1) is 24.5. The van der Waals surface area contributed by atoms with Crippen molar-refractivity contribution in [1.82, 2.24) is 10.0 Å². The Bertz CT molecular complexity index is 974. The average Bonchev–Trinajstić information content (AvgIpc) is 3.25. The number of esters is 1. The Kier molecular flexibility index (Phi) is 9.59. The van der Waals surface area contributed by atoms with Gasteiger partial charge < -0.3 is 24.5 Å². The van der Waals surface area contributed by atoms with E-state index < -0.39 is 21.9 Å². The molecule has 10 nitrogen and oxygen atoms in total. The molecule has 0 spiro atoms. The lowest BCUT2D eigenvalue weighted by atomic mass is 10.3. The van der Waals surface area contributed by atoms with Crippen LogP contribution in [0.15, 0.2) is 52.0 Å². The summed E-state index contributed by atoms with van der Waals surface area (Å²) in [5.74, 6) is -0.475. The Morgan fingerprint density at radius 3 is 2.48 bits per heavy atom. The summed E-state index contributed by atoms with van der Waals surface area (Å²) in [6.45, 7) is 0.443. The second-order valence-corrected chi connectivity index (χ2v) is 8.32. The molecule has 0 aliphatic rings. The number of anilines is 1. The minimum atomic E-state index is -3.72. The fourth-order valence-corrected chi connectivity index (χ4v) is 3.48. The van der Waals surface area contributed by atoms with E-state index in [0.29, 0.717) is 11.4 Å². The molecule has 0 aliphatic carbocycles. The summed E-state index contributed by atoms with van der Waals surface area (Å²) < 4.78 is 41.8. The second-order valence-electron chi connectivity index (χ2n) is 6.14. The van der Waals surface area contributed by atoms with E-state index in [9.17, 15) is 18.0 Å². The van der Waals surface area contributed by atoms with Crippen molar-refractivity contribution in [2.45, 2.75) is 24.3 Å². The molecule has 1 heterocycles. The van der Waals surface area contributed by atoms with E-state index in [0.717, 1.165) is 0 Å². The van der Waals surface area contributed by atoms with Crippen molar-refractivity contribution in [1.29, 1.82) is 0 Å². The third kappa shape index (κ3) is 8.84. The summed E-state index contributed by atoms with van der Waals surface area (Å²) >= 11 is 5.05. The summed E-state index contributed by atoms with van der Waals surface area (Å²) in [5, 5.41) is 5.23. The molecule has 1 aromatic heterocycles. The fraction of sp³-hybridized carbons (Fsp3) is 0.316. The van der Waals surface area contributed by atoms with E-state index in [2.05, 4.69) is 15.4 Å². The van der Waals surface area contributed by atoms with Crippen LogP contribution in [0, 0.1) is 0 Å². The molecule has 0 unspecified atom stereocenters. The summed E-state index contributed by atoms with van der Waals surface area (Å²) in [7, 11) is -2.23. The minimum Gasteiger partial charge on any atom is -0.468 e. The molecule has 0 fully saturated rings. The molecule has 1 amide bonds. The van der Waals surface area contributed by atoms with Crippen LogP contribution in [0.5, 0.6) is 0 Å². The molecule has 0 aliphatic heterocycles.